The molecule has 2 aromatic heterocycles. The summed E-state index contributed by atoms with van der Waals surface area (Å²) in [5.74, 6) is 0.931. The Hall–Kier alpha value is -2.38. The van der Waals surface area contributed by atoms with E-state index in [1.807, 2.05) is 0 Å². The molecule has 4 N–H and O–H groups in total. The number of H-pyrrole nitrogens is 1. The van der Waals surface area contributed by atoms with Gasteiger partial charge in [0.1, 0.15) is 12.0 Å². The van der Waals surface area contributed by atoms with E-state index in [0.717, 1.165) is 0 Å². The van der Waals surface area contributed by atoms with Crippen LogP contribution in [0.1, 0.15) is 5.82 Å². The van der Waals surface area contributed by atoms with Gasteiger partial charge in [-0.25, -0.2) is 9.97 Å². The van der Waals surface area contributed by atoms with Crippen molar-refractivity contribution in [1.29, 1.82) is 0 Å². The van der Waals surface area contributed by atoms with Gasteiger partial charge < -0.3 is 16.0 Å². The summed E-state index contributed by atoms with van der Waals surface area (Å²) in [6.07, 6.45) is 2.87. The SMILES string of the molecule is Cn1cnc(CNc2nc[nH]c(=O)c2N)n1. The van der Waals surface area contributed by atoms with Gasteiger partial charge >= 0.3 is 0 Å². The number of hydrogen-bond acceptors (Lipinski definition) is 6. The Kier molecular flexibility index (Phi) is 2.54. The highest BCUT2D eigenvalue weighted by Crippen LogP contribution is 2.07. The third kappa shape index (κ3) is 2.00. The van der Waals surface area contributed by atoms with E-state index in [0.29, 0.717) is 18.2 Å². The number of rotatable bonds is 3. The van der Waals surface area contributed by atoms with E-state index in [1.165, 1.54) is 6.33 Å². The highest BCUT2D eigenvalue weighted by atomic mass is 16.1. The molecule has 0 saturated carbocycles. The second kappa shape index (κ2) is 4.01. The first kappa shape index (κ1) is 10.1. The Labute approximate surface area is 90.5 Å². The smallest absolute Gasteiger partial charge is 0.276 e. The zero-order chi connectivity index (χ0) is 11.5. The molecular weight excluding hydrogens is 210 g/mol. The molecule has 0 spiro atoms. The molecule has 0 aromatic carbocycles. The van der Waals surface area contributed by atoms with Gasteiger partial charge in [-0.1, -0.05) is 0 Å². The summed E-state index contributed by atoms with van der Waals surface area (Å²) in [4.78, 5) is 21.5. The first-order valence-corrected chi connectivity index (χ1v) is 4.58. The molecule has 0 amide bonds. The van der Waals surface area contributed by atoms with E-state index in [2.05, 4.69) is 25.4 Å². The van der Waals surface area contributed by atoms with Crippen LogP contribution in [0, 0.1) is 0 Å². The average Bonchev–Trinajstić information content (AvgIpc) is 2.67. The summed E-state index contributed by atoms with van der Waals surface area (Å²) in [6.45, 7) is 0.363. The van der Waals surface area contributed by atoms with Crippen LogP contribution in [-0.2, 0) is 13.6 Å². The molecule has 84 valence electrons. The number of aromatic amines is 1. The van der Waals surface area contributed by atoms with Gasteiger partial charge in [-0.3, -0.25) is 9.48 Å². The van der Waals surface area contributed by atoms with E-state index in [1.54, 1.807) is 18.1 Å². The molecule has 0 aliphatic heterocycles. The molecule has 8 nitrogen and oxygen atoms in total. The third-order valence-corrected chi connectivity index (χ3v) is 1.95. The van der Waals surface area contributed by atoms with E-state index < -0.39 is 0 Å². The molecule has 0 radical (unpaired) electrons. The lowest BCUT2D eigenvalue weighted by molar-refractivity contribution is 0.747. The molecule has 0 aliphatic carbocycles. The fraction of sp³-hybridized carbons (Fsp3) is 0.250. The predicted octanol–water partition coefficient (Wildman–Crippen LogP) is -0.907. The van der Waals surface area contributed by atoms with E-state index in [-0.39, 0.29) is 11.2 Å². The first-order chi connectivity index (χ1) is 7.66. The maximum Gasteiger partial charge on any atom is 0.276 e. The zero-order valence-electron chi connectivity index (χ0n) is 8.64. The number of nitrogen functional groups attached to an aromatic ring is 1. The Bertz CT molecular complexity index is 543. The van der Waals surface area contributed by atoms with Crippen LogP contribution >= 0.6 is 0 Å². The van der Waals surface area contributed by atoms with Gasteiger partial charge in [-0.05, 0) is 0 Å². The van der Waals surface area contributed by atoms with Gasteiger partial charge in [0.15, 0.2) is 11.6 Å². The fourth-order valence-corrected chi connectivity index (χ4v) is 1.18. The summed E-state index contributed by atoms with van der Waals surface area (Å²) in [5.41, 5.74) is 5.22. The second-order valence-corrected chi connectivity index (χ2v) is 3.18. The first-order valence-electron chi connectivity index (χ1n) is 4.58. The number of aromatic nitrogens is 5. The Morgan fingerprint density at radius 1 is 1.56 bits per heavy atom. The van der Waals surface area contributed by atoms with Crippen molar-refractivity contribution in [2.45, 2.75) is 6.54 Å². The van der Waals surface area contributed by atoms with Gasteiger partial charge in [0.25, 0.3) is 5.56 Å². The molecule has 0 atom stereocenters. The third-order valence-electron chi connectivity index (χ3n) is 1.95. The number of nitrogens with zero attached hydrogens (tertiary/aromatic N) is 4. The summed E-state index contributed by atoms with van der Waals surface area (Å²) >= 11 is 0. The van der Waals surface area contributed by atoms with Crippen LogP contribution in [-0.4, -0.2) is 24.7 Å². The number of nitrogens with two attached hydrogens (primary N) is 1. The summed E-state index contributed by atoms with van der Waals surface area (Å²) in [6, 6.07) is 0. The standard InChI is InChI=1S/C8H11N7O/c1-15-4-13-5(14-15)2-10-7-6(9)8(16)12-3-11-7/h3-4H,2,9H2,1H3,(H2,10,11,12,16). The lowest BCUT2D eigenvalue weighted by Crippen LogP contribution is -2.16. The molecule has 0 aliphatic rings. The molecular formula is C8H11N7O. The topological polar surface area (TPSA) is 115 Å². The lowest BCUT2D eigenvalue weighted by Gasteiger charge is -2.04. The lowest BCUT2D eigenvalue weighted by atomic mass is 10.4. The van der Waals surface area contributed by atoms with Crippen molar-refractivity contribution in [1.82, 2.24) is 24.7 Å². The summed E-state index contributed by atoms with van der Waals surface area (Å²) < 4.78 is 1.59. The van der Waals surface area contributed by atoms with Crippen LogP contribution in [0.25, 0.3) is 0 Å². The minimum atomic E-state index is -0.369. The van der Waals surface area contributed by atoms with Crippen LogP contribution in [0.3, 0.4) is 0 Å². The van der Waals surface area contributed by atoms with Crippen molar-refractivity contribution < 1.29 is 0 Å². The van der Waals surface area contributed by atoms with E-state index in [9.17, 15) is 4.79 Å². The molecule has 0 saturated heterocycles. The molecule has 0 unspecified atom stereocenters. The largest absolute Gasteiger partial charge is 0.391 e. The van der Waals surface area contributed by atoms with Gasteiger partial charge in [-0.2, -0.15) is 5.10 Å². The molecule has 2 aromatic rings. The minimum absolute atomic E-state index is 0.0541. The molecule has 0 bridgehead atoms. The van der Waals surface area contributed by atoms with E-state index >= 15 is 0 Å². The molecule has 2 rings (SSSR count). The molecule has 16 heavy (non-hydrogen) atoms. The van der Waals surface area contributed by atoms with Crippen molar-refractivity contribution in [3.8, 4) is 0 Å². The van der Waals surface area contributed by atoms with Crippen LogP contribution < -0.4 is 16.6 Å². The minimum Gasteiger partial charge on any atom is -0.391 e. The van der Waals surface area contributed by atoms with Crippen molar-refractivity contribution in [3.05, 3.63) is 28.8 Å². The number of hydrogen-bond donors (Lipinski definition) is 3. The second-order valence-electron chi connectivity index (χ2n) is 3.18. The average molecular weight is 221 g/mol. The molecule has 2 heterocycles. The normalized spacial score (nSPS) is 10.3. The Morgan fingerprint density at radius 3 is 3.06 bits per heavy atom. The summed E-state index contributed by atoms with van der Waals surface area (Å²) in [7, 11) is 1.77. The van der Waals surface area contributed by atoms with Gasteiger partial charge in [0, 0.05) is 7.05 Å². The van der Waals surface area contributed by atoms with Crippen LogP contribution in [0.4, 0.5) is 11.5 Å². The van der Waals surface area contributed by atoms with Crippen molar-refractivity contribution >= 4 is 11.5 Å². The fourth-order valence-electron chi connectivity index (χ4n) is 1.18. The number of nitrogens with one attached hydrogen (secondary N) is 2. The van der Waals surface area contributed by atoms with Crippen molar-refractivity contribution in [3.63, 3.8) is 0 Å². The zero-order valence-corrected chi connectivity index (χ0v) is 8.64. The van der Waals surface area contributed by atoms with Gasteiger partial charge in [0.2, 0.25) is 0 Å². The molecule has 0 fully saturated rings. The summed E-state index contributed by atoms with van der Waals surface area (Å²) in [5, 5.41) is 6.96. The molecule has 8 heteroatoms. The van der Waals surface area contributed by atoms with Crippen LogP contribution in [0.15, 0.2) is 17.4 Å². The quantitative estimate of drug-likeness (QED) is 0.618. The van der Waals surface area contributed by atoms with Crippen LogP contribution in [0.2, 0.25) is 0 Å². The Balaban J connectivity index is 2.10. The number of anilines is 2. The van der Waals surface area contributed by atoms with Crippen molar-refractivity contribution in [2.24, 2.45) is 7.05 Å². The van der Waals surface area contributed by atoms with Crippen LogP contribution in [0.5, 0.6) is 0 Å². The highest BCUT2D eigenvalue weighted by molar-refractivity contribution is 5.58. The number of aryl methyl sites for hydroxylation is 1. The van der Waals surface area contributed by atoms with Crippen molar-refractivity contribution in [2.75, 3.05) is 11.1 Å². The Morgan fingerprint density at radius 2 is 2.38 bits per heavy atom. The van der Waals surface area contributed by atoms with E-state index in [4.69, 9.17) is 5.73 Å². The predicted molar refractivity (Wildman–Crippen MR) is 57.6 cm³/mol. The monoisotopic (exact) mass is 221 g/mol. The van der Waals surface area contributed by atoms with Gasteiger partial charge in [0.05, 0.1) is 12.9 Å². The highest BCUT2D eigenvalue weighted by Gasteiger charge is 2.05. The van der Waals surface area contributed by atoms with Gasteiger partial charge in [-0.15, -0.1) is 0 Å². The maximum atomic E-state index is 11.2. The maximum absolute atomic E-state index is 11.2.